The second kappa shape index (κ2) is 7.97. The van der Waals surface area contributed by atoms with Crippen molar-refractivity contribution in [2.24, 2.45) is 0 Å². The third kappa shape index (κ3) is 5.76. The van der Waals surface area contributed by atoms with E-state index in [1.165, 1.54) is 0 Å². The van der Waals surface area contributed by atoms with Crippen LogP contribution in [0.1, 0.15) is 13.3 Å². The lowest BCUT2D eigenvalue weighted by Gasteiger charge is -2.13. The summed E-state index contributed by atoms with van der Waals surface area (Å²) >= 11 is 0. The fraction of sp³-hybridized carbons (Fsp3) is 0.385. The largest absolute Gasteiger partial charge is 0.492 e. The van der Waals surface area contributed by atoms with Gasteiger partial charge in [0.25, 0.3) is 0 Å². The molecule has 0 aliphatic heterocycles. The maximum Gasteiger partial charge on any atom is 0.326 e. The van der Waals surface area contributed by atoms with Gasteiger partial charge in [-0.2, -0.15) is 0 Å². The zero-order valence-corrected chi connectivity index (χ0v) is 10.8. The van der Waals surface area contributed by atoms with Crippen LogP contribution in [0.3, 0.4) is 0 Å². The number of rotatable bonds is 7. The summed E-state index contributed by atoms with van der Waals surface area (Å²) in [6.45, 7) is 2.32. The lowest BCUT2D eigenvalue weighted by atomic mass is 10.2. The van der Waals surface area contributed by atoms with E-state index in [0.717, 1.165) is 5.75 Å². The van der Waals surface area contributed by atoms with E-state index >= 15 is 0 Å². The molecule has 0 saturated heterocycles. The van der Waals surface area contributed by atoms with Crippen LogP contribution in [0.5, 0.6) is 5.75 Å². The summed E-state index contributed by atoms with van der Waals surface area (Å²) in [5, 5.41) is 13.7. The Balaban J connectivity index is 2.19. The van der Waals surface area contributed by atoms with Gasteiger partial charge in [-0.1, -0.05) is 25.1 Å². The second-order valence-corrected chi connectivity index (χ2v) is 3.86. The van der Waals surface area contributed by atoms with Gasteiger partial charge in [-0.25, -0.2) is 9.59 Å². The number of carbonyl (C=O) groups is 2. The Morgan fingerprint density at radius 1 is 1.32 bits per heavy atom. The number of ether oxygens (including phenoxy) is 1. The highest BCUT2D eigenvalue weighted by Crippen LogP contribution is 2.07. The Morgan fingerprint density at radius 2 is 2.00 bits per heavy atom. The van der Waals surface area contributed by atoms with Crippen LogP contribution in [-0.2, 0) is 4.79 Å². The highest BCUT2D eigenvalue weighted by atomic mass is 16.5. The molecule has 0 aliphatic rings. The van der Waals surface area contributed by atoms with Gasteiger partial charge in [-0.05, 0) is 18.6 Å². The normalized spacial score (nSPS) is 11.4. The second-order valence-electron chi connectivity index (χ2n) is 3.86. The number of amides is 2. The van der Waals surface area contributed by atoms with E-state index in [2.05, 4.69) is 10.6 Å². The van der Waals surface area contributed by atoms with Gasteiger partial charge < -0.3 is 20.5 Å². The summed E-state index contributed by atoms with van der Waals surface area (Å²) < 4.78 is 5.38. The summed E-state index contributed by atoms with van der Waals surface area (Å²) in [6, 6.07) is 7.85. The molecule has 104 valence electrons. The molecule has 0 saturated carbocycles. The number of hydrogen-bond donors (Lipinski definition) is 3. The fourth-order valence-electron chi connectivity index (χ4n) is 1.40. The SMILES string of the molecule is CC[C@@H](NC(=O)NCCOc1ccccc1)C(=O)O. The molecule has 1 aromatic carbocycles. The van der Waals surface area contributed by atoms with Crippen LogP contribution in [0.4, 0.5) is 4.79 Å². The lowest BCUT2D eigenvalue weighted by Crippen LogP contribution is -2.46. The molecule has 1 atom stereocenters. The van der Waals surface area contributed by atoms with Gasteiger partial charge in [0.1, 0.15) is 18.4 Å². The van der Waals surface area contributed by atoms with E-state index in [1.54, 1.807) is 6.92 Å². The maximum atomic E-state index is 11.4. The first-order valence-electron chi connectivity index (χ1n) is 6.08. The van der Waals surface area contributed by atoms with Crippen LogP contribution in [0.15, 0.2) is 30.3 Å². The molecule has 1 aromatic rings. The number of para-hydroxylation sites is 1. The predicted octanol–water partition coefficient (Wildman–Crippen LogP) is 1.23. The van der Waals surface area contributed by atoms with Gasteiger partial charge in [0.05, 0.1) is 6.54 Å². The van der Waals surface area contributed by atoms with Gasteiger partial charge in [0.2, 0.25) is 0 Å². The van der Waals surface area contributed by atoms with Crippen molar-refractivity contribution >= 4 is 12.0 Å². The molecule has 1 rings (SSSR count). The fourth-order valence-corrected chi connectivity index (χ4v) is 1.40. The van der Waals surface area contributed by atoms with Gasteiger partial charge in [0.15, 0.2) is 0 Å². The van der Waals surface area contributed by atoms with Crippen LogP contribution >= 0.6 is 0 Å². The van der Waals surface area contributed by atoms with Crippen LogP contribution in [0.2, 0.25) is 0 Å². The molecule has 0 unspecified atom stereocenters. The zero-order valence-electron chi connectivity index (χ0n) is 10.8. The van der Waals surface area contributed by atoms with Crippen molar-refractivity contribution in [1.82, 2.24) is 10.6 Å². The molecule has 6 heteroatoms. The maximum absolute atomic E-state index is 11.4. The van der Waals surface area contributed by atoms with Crippen LogP contribution in [0.25, 0.3) is 0 Å². The lowest BCUT2D eigenvalue weighted by molar-refractivity contribution is -0.139. The highest BCUT2D eigenvalue weighted by molar-refractivity contribution is 5.82. The van der Waals surface area contributed by atoms with Crippen LogP contribution < -0.4 is 15.4 Å². The number of carbonyl (C=O) groups excluding carboxylic acids is 1. The number of benzene rings is 1. The molecule has 0 spiro atoms. The van der Waals surface area contributed by atoms with Crippen LogP contribution in [0, 0.1) is 0 Å². The summed E-state index contributed by atoms with van der Waals surface area (Å²) in [6.07, 6.45) is 0.337. The van der Waals surface area contributed by atoms with Crippen molar-refractivity contribution in [2.45, 2.75) is 19.4 Å². The molecular weight excluding hydrogens is 248 g/mol. The third-order valence-electron chi connectivity index (χ3n) is 2.41. The first-order chi connectivity index (χ1) is 9.13. The summed E-state index contributed by atoms with van der Waals surface area (Å²) in [5.41, 5.74) is 0. The van der Waals surface area contributed by atoms with Crippen molar-refractivity contribution in [1.29, 1.82) is 0 Å². The zero-order chi connectivity index (χ0) is 14.1. The minimum absolute atomic E-state index is 0.302. The van der Waals surface area contributed by atoms with Gasteiger partial charge >= 0.3 is 12.0 Å². The molecule has 6 nitrogen and oxygen atoms in total. The molecular formula is C13H18N2O4. The number of urea groups is 1. The Labute approximate surface area is 111 Å². The minimum atomic E-state index is -1.04. The molecule has 2 amide bonds. The minimum Gasteiger partial charge on any atom is -0.492 e. The van der Waals surface area contributed by atoms with E-state index in [-0.39, 0.29) is 0 Å². The van der Waals surface area contributed by atoms with E-state index < -0.39 is 18.0 Å². The number of aliphatic carboxylic acids is 1. The van der Waals surface area contributed by atoms with Gasteiger partial charge in [0, 0.05) is 0 Å². The summed E-state index contributed by atoms with van der Waals surface area (Å²) in [7, 11) is 0. The smallest absolute Gasteiger partial charge is 0.326 e. The average molecular weight is 266 g/mol. The van der Waals surface area contributed by atoms with E-state index in [0.29, 0.717) is 19.6 Å². The van der Waals surface area contributed by atoms with Crippen molar-refractivity contribution < 1.29 is 19.4 Å². The van der Waals surface area contributed by atoms with E-state index in [4.69, 9.17) is 9.84 Å². The number of nitrogens with one attached hydrogen (secondary N) is 2. The highest BCUT2D eigenvalue weighted by Gasteiger charge is 2.16. The van der Waals surface area contributed by atoms with Gasteiger partial charge in [-0.3, -0.25) is 0 Å². The number of carboxylic acids is 1. The molecule has 19 heavy (non-hydrogen) atoms. The van der Waals surface area contributed by atoms with Crippen molar-refractivity contribution in [3.8, 4) is 5.75 Å². The van der Waals surface area contributed by atoms with Crippen molar-refractivity contribution in [3.05, 3.63) is 30.3 Å². The topological polar surface area (TPSA) is 87.7 Å². The Kier molecular flexibility index (Phi) is 6.21. The number of carboxylic acid groups (broad SMARTS) is 1. The molecule has 0 aromatic heterocycles. The molecule has 0 fully saturated rings. The standard InChI is InChI=1S/C13H18N2O4/c1-2-11(12(16)17)15-13(18)14-8-9-19-10-6-4-3-5-7-10/h3-7,11H,2,8-9H2,1H3,(H,16,17)(H2,14,15,18)/t11-/m1/s1. The Hall–Kier alpha value is -2.24. The summed E-state index contributed by atoms with van der Waals surface area (Å²) in [4.78, 5) is 22.1. The monoisotopic (exact) mass is 266 g/mol. The molecule has 0 radical (unpaired) electrons. The van der Waals surface area contributed by atoms with Gasteiger partial charge in [-0.15, -0.1) is 0 Å². The van der Waals surface area contributed by atoms with Crippen molar-refractivity contribution in [2.75, 3.05) is 13.2 Å². The average Bonchev–Trinajstić information content (AvgIpc) is 2.42. The first-order valence-corrected chi connectivity index (χ1v) is 6.08. The van der Waals surface area contributed by atoms with E-state index in [1.807, 2.05) is 30.3 Å². The summed E-state index contributed by atoms with van der Waals surface area (Å²) in [5.74, 6) is -0.320. The predicted molar refractivity (Wildman–Crippen MR) is 70.2 cm³/mol. The molecule has 3 N–H and O–H groups in total. The third-order valence-corrected chi connectivity index (χ3v) is 2.41. The molecule has 0 heterocycles. The molecule has 0 aliphatic carbocycles. The van der Waals surface area contributed by atoms with Crippen molar-refractivity contribution in [3.63, 3.8) is 0 Å². The molecule has 0 bridgehead atoms. The first kappa shape index (κ1) is 14.8. The Morgan fingerprint density at radius 3 is 2.58 bits per heavy atom. The van der Waals surface area contributed by atoms with Crippen LogP contribution in [-0.4, -0.2) is 36.3 Å². The van der Waals surface area contributed by atoms with E-state index in [9.17, 15) is 9.59 Å². The quantitative estimate of drug-likeness (QED) is 0.648. The number of hydrogen-bond acceptors (Lipinski definition) is 3. The Bertz CT molecular complexity index is 408.